The molecule has 0 spiro atoms. The third-order valence-electron chi connectivity index (χ3n) is 7.55. The van der Waals surface area contributed by atoms with Gasteiger partial charge in [-0.15, -0.1) is 10.2 Å². The quantitative estimate of drug-likeness (QED) is 0.210. The van der Waals surface area contributed by atoms with Crippen molar-refractivity contribution in [1.29, 1.82) is 0 Å². The predicted octanol–water partition coefficient (Wildman–Crippen LogP) is 4.62. The molecule has 1 saturated heterocycles. The summed E-state index contributed by atoms with van der Waals surface area (Å²) in [5.41, 5.74) is 4.48. The molecule has 1 fully saturated rings. The number of hydrogen-bond acceptors (Lipinski definition) is 10. The Kier molecular flexibility index (Phi) is 8.23. The number of alkyl halides is 1. The minimum Gasteiger partial charge on any atom is -0.416 e. The van der Waals surface area contributed by atoms with Crippen LogP contribution in [0.15, 0.2) is 47.3 Å². The zero-order valence-corrected chi connectivity index (χ0v) is 26.0. The molecular formula is C29H34IN9O3. The van der Waals surface area contributed by atoms with Crippen LogP contribution in [0.4, 0.5) is 11.6 Å². The molecule has 1 amide bonds. The van der Waals surface area contributed by atoms with Crippen molar-refractivity contribution in [3.8, 4) is 11.3 Å². The molecule has 0 saturated carbocycles. The van der Waals surface area contributed by atoms with Gasteiger partial charge in [0.25, 0.3) is 0 Å². The first kappa shape index (κ1) is 28.7. The minimum absolute atomic E-state index is 0.0200. The molecule has 2 N–H and O–H groups in total. The smallest absolute Gasteiger partial charge is 0.309 e. The third-order valence-corrected chi connectivity index (χ3v) is 8.25. The molecule has 6 rings (SSSR count). The van der Waals surface area contributed by atoms with Gasteiger partial charge in [0, 0.05) is 49.1 Å². The molecule has 1 aromatic carbocycles. The van der Waals surface area contributed by atoms with Crippen molar-refractivity contribution >= 4 is 40.1 Å². The number of nitrogens with one attached hydrogen (secondary N) is 2. The number of halogens is 1. The molecule has 4 aromatic rings. The van der Waals surface area contributed by atoms with Gasteiger partial charge in [-0.05, 0) is 36.1 Å². The predicted molar refractivity (Wildman–Crippen MR) is 164 cm³/mol. The van der Waals surface area contributed by atoms with Crippen LogP contribution < -0.4 is 10.6 Å². The Balaban J connectivity index is 1.28. The Labute approximate surface area is 257 Å². The van der Waals surface area contributed by atoms with Crippen molar-refractivity contribution in [2.45, 2.75) is 62.2 Å². The summed E-state index contributed by atoms with van der Waals surface area (Å²) in [6, 6.07) is 8.36. The number of nitrogens with zero attached hydrogens (tertiary/aromatic N) is 7. The van der Waals surface area contributed by atoms with Gasteiger partial charge in [0.2, 0.25) is 11.8 Å². The minimum atomic E-state index is -0.368. The highest BCUT2D eigenvalue weighted by Gasteiger charge is 2.31. The van der Waals surface area contributed by atoms with E-state index in [1.165, 1.54) is 0 Å². The molecule has 0 aliphatic carbocycles. The van der Waals surface area contributed by atoms with Gasteiger partial charge in [-0.25, -0.2) is 9.97 Å². The maximum absolute atomic E-state index is 13.2. The molecule has 3 aromatic heterocycles. The van der Waals surface area contributed by atoms with Gasteiger partial charge in [-0.3, -0.25) is 14.4 Å². The first-order valence-corrected chi connectivity index (χ1v) is 15.6. The second-order valence-corrected chi connectivity index (χ2v) is 12.3. The van der Waals surface area contributed by atoms with E-state index in [2.05, 4.69) is 76.6 Å². The number of carbonyl (C=O) groups is 1. The number of amides is 1. The summed E-state index contributed by atoms with van der Waals surface area (Å²) in [7, 11) is 0. The molecule has 13 heteroatoms. The number of anilines is 2. The van der Waals surface area contributed by atoms with Gasteiger partial charge in [0.15, 0.2) is 0 Å². The number of benzene rings is 1. The molecule has 12 nitrogen and oxygen atoms in total. The summed E-state index contributed by atoms with van der Waals surface area (Å²) >= 11 is 2.26. The molecule has 42 heavy (non-hydrogen) atoms. The molecule has 220 valence electrons. The van der Waals surface area contributed by atoms with Crippen LogP contribution in [0.3, 0.4) is 0 Å². The van der Waals surface area contributed by atoms with Gasteiger partial charge in [0.1, 0.15) is 0 Å². The maximum atomic E-state index is 13.2. The molecular weight excluding hydrogens is 649 g/mol. The van der Waals surface area contributed by atoms with Crippen molar-refractivity contribution in [2.24, 2.45) is 0 Å². The van der Waals surface area contributed by atoms with E-state index < -0.39 is 0 Å². The van der Waals surface area contributed by atoms with Crippen molar-refractivity contribution in [3.63, 3.8) is 0 Å². The lowest BCUT2D eigenvalue weighted by molar-refractivity contribution is 0.0891. The topological polar surface area (TPSA) is 136 Å². The normalized spacial score (nSPS) is 19.3. The molecule has 0 bridgehead atoms. The number of ether oxygens (including phenoxy) is 1. The maximum Gasteiger partial charge on any atom is 0.309 e. The number of rotatable bonds is 7. The van der Waals surface area contributed by atoms with Crippen LogP contribution in [0, 0.1) is 0 Å². The summed E-state index contributed by atoms with van der Waals surface area (Å²) in [6.45, 7) is 8.99. The van der Waals surface area contributed by atoms with E-state index in [0.717, 1.165) is 71.8 Å². The first-order chi connectivity index (χ1) is 20.3. The number of hydrogen-bond donors (Lipinski definition) is 2. The average Bonchev–Trinajstić information content (AvgIpc) is 3.75. The lowest BCUT2D eigenvalue weighted by atomic mass is 9.96. The SMILES string of the molecule is CC(C)(C)c1nnc(C(=O)NC2CCN(C3CCOC3)Cc3cc(-c4ccnc(Nc5cnn(CI)c5)n4)ccc32)o1. The molecule has 5 heterocycles. The number of carbonyl (C=O) groups excluding carboxylic acids is 1. The van der Waals surface area contributed by atoms with Crippen LogP contribution in [0.5, 0.6) is 0 Å². The Morgan fingerprint density at radius 2 is 2.07 bits per heavy atom. The highest BCUT2D eigenvalue weighted by Crippen LogP contribution is 2.33. The first-order valence-electron chi connectivity index (χ1n) is 14.0. The average molecular weight is 684 g/mol. The van der Waals surface area contributed by atoms with Crippen LogP contribution in [0.2, 0.25) is 0 Å². The zero-order valence-electron chi connectivity index (χ0n) is 23.9. The Bertz CT molecular complexity index is 1560. The molecule has 2 unspecified atom stereocenters. The van der Waals surface area contributed by atoms with Crippen LogP contribution in [-0.2, 0) is 21.2 Å². The summed E-state index contributed by atoms with van der Waals surface area (Å²) in [5, 5.41) is 18.8. The van der Waals surface area contributed by atoms with Crippen LogP contribution in [0.25, 0.3) is 11.3 Å². The Morgan fingerprint density at radius 3 is 2.81 bits per heavy atom. The second kappa shape index (κ2) is 12.1. The summed E-state index contributed by atoms with van der Waals surface area (Å²) < 4.78 is 14.0. The highest BCUT2D eigenvalue weighted by atomic mass is 127. The van der Waals surface area contributed by atoms with Crippen molar-refractivity contribution < 1.29 is 13.9 Å². The Morgan fingerprint density at radius 1 is 1.19 bits per heavy atom. The van der Waals surface area contributed by atoms with Crippen LogP contribution in [-0.4, -0.2) is 66.6 Å². The summed E-state index contributed by atoms with van der Waals surface area (Å²) in [5.74, 6) is 0.546. The van der Waals surface area contributed by atoms with Gasteiger partial charge in [-0.2, -0.15) is 5.10 Å². The molecule has 2 aliphatic rings. The van der Waals surface area contributed by atoms with E-state index in [4.69, 9.17) is 14.1 Å². The summed E-state index contributed by atoms with van der Waals surface area (Å²) in [4.78, 5) is 24.9. The van der Waals surface area contributed by atoms with Gasteiger partial charge < -0.3 is 19.8 Å². The van der Waals surface area contributed by atoms with E-state index in [-0.39, 0.29) is 23.3 Å². The van der Waals surface area contributed by atoms with Gasteiger partial charge in [-0.1, -0.05) is 55.5 Å². The van der Waals surface area contributed by atoms with Crippen molar-refractivity contribution in [2.75, 3.05) is 25.1 Å². The van der Waals surface area contributed by atoms with E-state index in [1.54, 1.807) is 12.4 Å². The van der Waals surface area contributed by atoms with E-state index in [0.29, 0.717) is 17.9 Å². The van der Waals surface area contributed by atoms with Crippen molar-refractivity contribution in [3.05, 3.63) is 65.8 Å². The highest BCUT2D eigenvalue weighted by molar-refractivity contribution is 14.1. The standard InChI is InChI=1S/C29H34IN9O3/c1-29(2,3)27-37-36-26(42-27)25(40)34-24-7-10-38(21-8-11-41-16-21)14-19-12-18(4-5-22(19)24)23-6-9-31-28(35-23)33-20-13-32-39(15-20)17-30/h4-6,9,12-13,15,21,24H,7-8,10-11,14,16-17H2,1-3H3,(H,34,40)(H,31,33,35). The monoisotopic (exact) mass is 683 g/mol. The fourth-order valence-electron chi connectivity index (χ4n) is 5.30. The lowest BCUT2D eigenvalue weighted by Crippen LogP contribution is -2.36. The van der Waals surface area contributed by atoms with E-state index >= 15 is 0 Å². The van der Waals surface area contributed by atoms with Gasteiger partial charge in [0.05, 0.1) is 34.8 Å². The third kappa shape index (κ3) is 6.32. The molecule has 0 radical (unpaired) electrons. The lowest BCUT2D eigenvalue weighted by Gasteiger charge is -2.26. The fourth-order valence-corrected chi connectivity index (χ4v) is 5.68. The van der Waals surface area contributed by atoms with Crippen LogP contribution in [0.1, 0.15) is 67.4 Å². The molecule has 2 aliphatic heterocycles. The zero-order chi connectivity index (χ0) is 29.3. The second-order valence-electron chi connectivity index (χ2n) is 11.7. The van der Waals surface area contributed by atoms with Gasteiger partial charge >= 0.3 is 11.8 Å². The van der Waals surface area contributed by atoms with E-state index in [1.807, 2.05) is 37.7 Å². The van der Waals surface area contributed by atoms with E-state index in [9.17, 15) is 4.79 Å². The number of fused-ring (bicyclic) bond motifs is 1. The summed E-state index contributed by atoms with van der Waals surface area (Å²) in [6.07, 6.45) is 7.17. The largest absolute Gasteiger partial charge is 0.416 e. The fraction of sp³-hybridized carbons (Fsp3) is 0.448. The molecule has 2 atom stereocenters. The number of aromatic nitrogens is 6. The van der Waals surface area contributed by atoms with Crippen molar-refractivity contribution in [1.82, 2.24) is 40.2 Å². The Hall–Kier alpha value is -3.43. The van der Waals surface area contributed by atoms with Crippen LogP contribution >= 0.6 is 22.6 Å².